The molecule has 1 aromatic heterocycles. The number of amides is 1. The number of aliphatic hydroxyl groups is 1. The summed E-state index contributed by atoms with van der Waals surface area (Å²) in [5, 5.41) is 13.7. The number of anilines is 1. The van der Waals surface area contributed by atoms with Crippen molar-refractivity contribution in [1.82, 2.24) is 4.57 Å². The van der Waals surface area contributed by atoms with Crippen LogP contribution in [0.1, 0.15) is 50.8 Å². The lowest BCUT2D eigenvalue weighted by molar-refractivity contribution is -0.118. The van der Waals surface area contributed by atoms with Crippen molar-refractivity contribution >= 4 is 22.5 Å². The van der Waals surface area contributed by atoms with E-state index in [-0.39, 0.29) is 23.8 Å². The van der Waals surface area contributed by atoms with E-state index in [2.05, 4.69) is 18.3 Å². The van der Waals surface area contributed by atoms with Gasteiger partial charge in [0.25, 0.3) is 0 Å². The zero-order valence-corrected chi connectivity index (χ0v) is 18.8. The summed E-state index contributed by atoms with van der Waals surface area (Å²) in [4.78, 5) is 13.3. The molecule has 33 heavy (non-hydrogen) atoms. The monoisotopic (exact) mass is 450 g/mol. The van der Waals surface area contributed by atoms with E-state index in [9.17, 15) is 9.90 Å². The van der Waals surface area contributed by atoms with Crippen molar-refractivity contribution < 1.29 is 23.8 Å². The normalized spacial score (nSPS) is 20.0. The van der Waals surface area contributed by atoms with Crippen LogP contribution in [0.25, 0.3) is 10.9 Å². The number of aliphatic hydroxyl groups excluding tert-OH is 1. The highest BCUT2D eigenvalue weighted by atomic mass is 19.1. The Morgan fingerprint density at radius 3 is 2.61 bits per heavy atom. The number of fused-ring (bicyclic) bond motifs is 2. The van der Waals surface area contributed by atoms with E-state index >= 15 is 4.39 Å². The van der Waals surface area contributed by atoms with Crippen LogP contribution < -0.4 is 14.8 Å². The van der Waals surface area contributed by atoms with Crippen LogP contribution in [0.15, 0.2) is 36.4 Å². The predicted molar refractivity (Wildman–Crippen MR) is 122 cm³/mol. The predicted octanol–water partition coefficient (Wildman–Crippen LogP) is 4.61. The molecular weight excluding hydrogens is 423 g/mol. The lowest BCUT2D eigenvalue weighted by Gasteiger charge is -2.18. The van der Waals surface area contributed by atoms with Crippen LogP contribution in [-0.2, 0) is 22.2 Å². The third-order valence-corrected chi connectivity index (χ3v) is 7.41. The smallest absolute Gasteiger partial charge is 0.235 e. The summed E-state index contributed by atoms with van der Waals surface area (Å²) in [7, 11) is 0. The van der Waals surface area contributed by atoms with Gasteiger partial charge in [0.2, 0.25) is 12.7 Å². The lowest BCUT2D eigenvalue weighted by Crippen LogP contribution is -2.28. The summed E-state index contributed by atoms with van der Waals surface area (Å²) in [6.07, 6.45) is 3.02. The number of ether oxygens (including phenoxy) is 2. The molecule has 6 rings (SSSR count). The third-order valence-electron chi connectivity index (χ3n) is 7.41. The molecule has 1 aliphatic heterocycles. The van der Waals surface area contributed by atoms with Gasteiger partial charge in [-0.3, -0.25) is 4.79 Å². The summed E-state index contributed by atoms with van der Waals surface area (Å²) in [6, 6.07) is 10.8. The molecule has 2 N–H and O–H groups in total. The molecule has 3 aliphatic rings. The minimum absolute atomic E-state index is 0.0607. The molecule has 2 aliphatic carbocycles. The Kier molecular flexibility index (Phi) is 4.34. The Morgan fingerprint density at radius 2 is 1.91 bits per heavy atom. The number of halogens is 1. The molecule has 3 aromatic rings. The van der Waals surface area contributed by atoms with Gasteiger partial charge in [0.15, 0.2) is 11.5 Å². The molecule has 0 radical (unpaired) electrons. The Bertz CT molecular complexity index is 1290. The molecule has 0 saturated heterocycles. The molecule has 172 valence electrons. The largest absolute Gasteiger partial charge is 0.454 e. The Labute approximate surface area is 191 Å². The Hall–Kier alpha value is -3.06. The number of carbonyl (C=O) groups is 1. The van der Waals surface area contributed by atoms with E-state index < -0.39 is 17.3 Å². The van der Waals surface area contributed by atoms with E-state index in [1.807, 2.05) is 22.8 Å². The molecular formula is C26H27FN2O4. The first-order chi connectivity index (χ1) is 15.8. The topological polar surface area (TPSA) is 72.7 Å². The van der Waals surface area contributed by atoms with Crippen LogP contribution in [-0.4, -0.2) is 28.5 Å². The maximum Gasteiger partial charge on any atom is 0.235 e. The van der Waals surface area contributed by atoms with Crippen LogP contribution in [0.5, 0.6) is 11.5 Å². The van der Waals surface area contributed by atoms with E-state index in [1.165, 1.54) is 6.07 Å². The van der Waals surface area contributed by atoms with E-state index in [4.69, 9.17) is 9.47 Å². The van der Waals surface area contributed by atoms with Gasteiger partial charge >= 0.3 is 0 Å². The minimum Gasteiger partial charge on any atom is -0.454 e. The molecule has 2 saturated carbocycles. The van der Waals surface area contributed by atoms with Gasteiger partial charge in [-0.15, -0.1) is 0 Å². The van der Waals surface area contributed by atoms with Crippen molar-refractivity contribution in [2.75, 3.05) is 12.1 Å². The van der Waals surface area contributed by atoms with E-state index in [1.54, 1.807) is 13.0 Å². The molecule has 7 heteroatoms. The molecule has 2 aromatic carbocycles. The second-order valence-corrected chi connectivity index (χ2v) is 10.0. The molecule has 6 nitrogen and oxygen atoms in total. The molecule has 1 atom stereocenters. The number of carbonyl (C=O) groups excluding carboxylic acids is 1. The van der Waals surface area contributed by atoms with E-state index in [0.717, 1.165) is 35.0 Å². The van der Waals surface area contributed by atoms with Crippen molar-refractivity contribution in [2.45, 2.75) is 63.0 Å². The highest BCUT2D eigenvalue weighted by Crippen LogP contribution is 2.52. The van der Waals surface area contributed by atoms with Crippen molar-refractivity contribution in [3.05, 3.63) is 53.5 Å². The SMILES string of the molecule is C[C@@H](O)Cn1c(C2(C)CC2)cc2cc(NC(=O)C3(c4ccc5c(c4)OCO5)CC3)c(F)cc21. The molecule has 0 spiro atoms. The van der Waals surface area contributed by atoms with Crippen molar-refractivity contribution in [3.63, 3.8) is 0 Å². The second kappa shape index (κ2) is 6.97. The lowest BCUT2D eigenvalue weighted by atomic mass is 9.94. The fourth-order valence-electron chi connectivity index (χ4n) is 4.99. The average molecular weight is 451 g/mol. The fraction of sp³-hybridized carbons (Fsp3) is 0.423. The fourth-order valence-corrected chi connectivity index (χ4v) is 4.99. The number of nitrogens with one attached hydrogen (secondary N) is 1. The standard InChI is InChI=1S/C26H27FN2O4/c1-15(30)13-29-20-12-18(27)19(9-16(20)10-23(29)25(2)5-6-25)28-24(31)26(7-8-26)17-3-4-21-22(11-17)33-14-32-21/h3-4,9-12,15,30H,5-8,13-14H2,1-2H3,(H,28,31)/t15-/m1/s1. The number of hydrogen-bond acceptors (Lipinski definition) is 4. The zero-order chi connectivity index (χ0) is 23.0. The first-order valence-corrected chi connectivity index (χ1v) is 11.5. The van der Waals surface area contributed by atoms with Crippen molar-refractivity contribution in [2.24, 2.45) is 0 Å². The van der Waals surface area contributed by atoms with Crippen molar-refractivity contribution in [3.8, 4) is 11.5 Å². The molecule has 1 amide bonds. The number of nitrogens with zero attached hydrogens (tertiary/aromatic N) is 1. The highest BCUT2D eigenvalue weighted by molar-refractivity contribution is 6.03. The number of hydrogen-bond donors (Lipinski definition) is 2. The molecule has 2 heterocycles. The maximum atomic E-state index is 15.2. The summed E-state index contributed by atoms with van der Waals surface area (Å²) < 4.78 is 28.0. The van der Waals surface area contributed by atoms with E-state index in [0.29, 0.717) is 30.9 Å². The van der Waals surface area contributed by atoms with Crippen molar-refractivity contribution in [1.29, 1.82) is 0 Å². The van der Waals surface area contributed by atoms with Crippen LogP contribution in [0, 0.1) is 5.82 Å². The van der Waals surface area contributed by atoms with Crippen LogP contribution in [0.2, 0.25) is 0 Å². The number of aromatic nitrogens is 1. The van der Waals surface area contributed by atoms with Crippen LogP contribution >= 0.6 is 0 Å². The Balaban J connectivity index is 1.33. The first-order valence-electron chi connectivity index (χ1n) is 11.5. The number of benzene rings is 2. The first kappa shape index (κ1) is 20.5. The van der Waals surface area contributed by atoms with Gasteiger partial charge in [0.1, 0.15) is 5.82 Å². The summed E-state index contributed by atoms with van der Waals surface area (Å²) in [5.74, 6) is 0.625. The summed E-state index contributed by atoms with van der Waals surface area (Å²) >= 11 is 0. The maximum absolute atomic E-state index is 15.2. The van der Waals surface area contributed by atoms with Gasteiger partial charge in [-0.25, -0.2) is 4.39 Å². The van der Waals surface area contributed by atoms with Gasteiger partial charge in [-0.05, 0) is 62.4 Å². The third kappa shape index (κ3) is 3.29. The van der Waals surface area contributed by atoms with Gasteiger partial charge in [-0.1, -0.05) is 13.0 Å². The van der Waals surface area contributed by atoms with Crippen LogP contribution in [0.3, 0.4) is 0 Å². The minimum atomic E-state index is -0.673. The van der Waals surface area contributed by atoms with Gasteiger partial charge in [-0.2, -0.15) is 0 Å². The number of rotatable bonds is 6. The quantitative estimate of drug-likeness (QED) is 0.575. The van der Waals surface area contributed by atoms with Gasteiger partial charge in [0, 0.05) is 29.1 Å². The van der Waals surface area contributed by atoms with Gasteiger partial charge in [0.05, 0.1) is 22.7 Å². The molecule has 0 bridgehead atoms. The Morgan fingerprint density at radius 1 is 1.15 bits per heavy atom. The second-order valence-electron chi connectivity index (χ2n) is 10.0. The van der Waals surface area contributed by atoms with Crippen LogP contribution in [0.4, 0.5) is 10.1 Å². The van der Waals surface area contributed by atoms with Gasteiger partial charge < -0.3 is 24.5 Å². The molecule has 2 fully saturated rings. The highest BCUT2D eigenvalue weighted by Gasteiger charge is 2.52. The molecule has 0 unspecified atom stereocenters. The summed E-state index contributed by atoms with van der Waals surface area (Å²) in [5.41, 5.74) is 2.28. The zero-order valence-electron chi connectivity index (χ0n) is 18.8. The average Bonchev–Trinajstić information content (AvgIpc) is 3.66. The summed E-state index contributed by atoms with van der Waals surface area (Å²) in [6.45, 7) is 4.52.